The van der Waals surface area contributed by atoms with Gasteiger partial charge in [0.05, 0.1) is 5.69 Å². The average Bonchev–Trinajstić information content (AvgIpc) is 3.20. The van der Waals surface area contributed by atoms with Gasteiger partial charge in [0.25, 0.3) is 0 Å². The van der Waals surface area contributed by atoms with Crippen LogP contribution in [-0.4, -0.2) is 55.6 Å². The molecule has 2 atom stereocenters. The number of carboxylic acids is 1. The molecule has 31 heavy (non-hydrogen) atoms. The van der Waals surface area contributed by atoms with Gasteiger partial charge in [-0.15, -0.1) is 0 Å². The maximum absolute atomic E-state index is 13.0. The topological polar surface area (TPSA) is 133 Å². The molecular formula is C20H20N6O4S. The van der Waals surface area contributed by atoms with Crippen LogP contribution >= 0.6 is 12.2 Å². The summed E-state index contributed by atoms with van der Waals surface area (Å²) in [4.78, 5) is 37.0. The Labute approximate surface area is 182 Å². The number of carboxylic acid groups (broad SMARTS) is 1. The van der Waals surface area contributed by atoms with Crippen LogP contribution in [0.3, 0.4) is 0 Å². The van der Waals surface area contributed by atoms with Crippen molar-refractivity contribution >= 4 is 41.8 Å². The third-order valence-electron chi connectivity index (χ3n) is 4.74. The molecule has 0 aliphatic rings. The van der Waals surface area contributed by atoms with Gasteiger partial charge in [-0.25, -0.2) is 9.48 Å². The van der Waals surface area contributed by atoms with Crippen LogP contribution in [0.15, 0.2) is 48.5 Å². The van der Waals surface area contributed by atoms with E-state index in [1.807, 2.05) is 0 Å². The van der Waals surface area contributed by atoms with E-state index in [4.69, 9.17) is 12.2 Å². The van der Waals surface area contributed by atoms with Gasteiger partial charge >= 0.3 is 5.97 Å². The van der Waals surface area contributed by atoms with Gasteiger partial charge in [0.1, 0.15) is 18.4 Å². The number of aromatic amines is 1. The van der Waals surface area contributed by atoms with Gasteiger partial charge in [-0.2, -0.15) is 5.21 Å². The Balaban J connectivity index is 1.86. The van der Waals surface area contributed by atoms with Crippen LogP contribution in [0.25, 0.3) is 5.69 Å². The van der Waals surface area contributed by atoms with Gasteiger partial charge in [-0.05, 0) is 68.5 Å². The summed E-state index contributed by atoms with van der Waals surface area (Å²) in [5, 5.41) is 22.3. The number of carbonyl (C=O) groups is 3. The van der Waals surface area contributed by atoms with Gasteiger partial charge < -0.3 is 15.3 Å². The second kappa shape index (κ2) is 9.30. The van der Waals surface area contributed by atoms with E-state index in [0.29, 0.717) is 28.9 Å². The molecule has 3 aromatic rings. The molecule has 3 rings (SSSR count). The molecular weight excluding hydrogens is 420 g/mol. The molecule has 11 heteroatoms. The van der Waals surface area contributed by atoms with E-state index in [1.54, 1.807) is 55.5 Å². The van der Waals surface area contributed by atoms with Crippen molar-refractivity contribution in [2.75, 3.05) is 10.2 Å². The number of rotatable bonds is 8. The molecule has 2 unspecified atom stereocenters. The Hall–Kier alpha value is -3.86. The lowest BCUT2D eigenvalue weighted by Crippen LogP contribution is -2.50. The highest BCUT2D eigenvalue weighted by molar-refractivity contribution is 7.71. The molecule has 0 saturated heterocycles. The number of nitrogens with one attached hydrogen (secondary N) is 2. The zero-order valence-electron chi connectivity index (χ0n) is 16.7. The maximum Gasteiger partial charge on any atom is 0.326 e. The first-order valence-corrected chi connectivity index (χ1v) is 9.70. The Morgan fingerprint density at radius 1 is 1.19 bits per heavy atom. The number of benzene rings is 2. The van der Waals surface area contributed by atoms with Crippen molar-refractivity contribution in [3.8, 4) is 5.69 Å². The lowest BCUT2D eigenvalue weighted by molar-refractivity contribution is -0.138. The Morgan fingerprint density at radius 2 is 1.90 bits per heavy atom. The maximum atomic E-state index is 13.0. The third kappa shape index (κ3) is 4.83. The van der Waals surface area contributed by atoms with E-state index in [1.165, 1.54) is 16.5 Å². The third-order valence-corrected chi connectivity index (χ3v) is 5.01. The predicted molar refractivity (Wildman–Crippen MR) is 116 cm³/mol. The van der Waals surface area contributed by atoms with E-state index in [9.17, 15) is 19.5 Å². The number of aliphatic carboxylic acids is 1. The fourth-order valence-electron chi connectivity index (χ4n) is 3.09. The van der Waals surface area contributed by atoms with E-state index < -0.39 is 24.0 Å². The molecule has 0 radical (unpaired) electrons. The second-order valence-corrected chi connectivity index (χ2v) is 7.13. The normalized spacial score (nSPS) is 12.6. The number of aldehydes is 1. The van der Waals surface area contributed by atoms with Gasteiger partial charge in [0.2, 0.25) is 10.7 Å². The summed E-state index contributed by atoms with van der Waals surface area (Å²) in [6, 6.07) is 11.4. The van der Waals surface area contributed by atoms with E-state index >= 15 is 0 Å². The molecule has 0 spiro atoms. The average molecular weight is 440 g/mol. The molecule has 0 aliphatic carbocycles. The van der Waals surface area contributed by atoms with Crippen molar-refractivity contribution in [1.82, 2.24) is 20.2 Å². The van der Waals surface area contributed by atoms with Crippen molar-refractivity contribution < 1.29 is 19.5 Å². The van der Waals surface area contributed by atoms with Crippen LogP contribution in [-0.2, 0) is 9.59 Å². The molecule has 1 aromatic heterocycles. The zero-order valence-corrected chi connectivity index (χ0v) is 17.5. The molecule has 1 heterocycles. The number of anilines is 2. The molecule has 2 aromatic carbocycles. The number of carbonyl (C=O) groups excluding carboxylic acids is 2. The summed E-state index contributed by atoms with van der Waals surface area (Å²) in [5.74, 6) is -1.49. The first-order chi connectivity index (χ1) is 14.8. The highest BCUT2D eigenvalue weighted by Crippen LogP contribution is 2.22. The largest absolute Gasteiger partial charge is 0.480 e. The smallest absolute Gasteiger partial charge is 0.326 e. The van der Waals surface area contributed by atoms with E-state index in [0.717, 1.165) is 0 Å². The molecule has 10 nitrogen and oxygen atoms in total. The standard InChI is InChI=1S/C20H20N6O4S/c1-12(25(13(2)19(29)30)16-8-6-14(11-27)7-9-16)18(28)21-15-4-3-5-17(10-15)26-20(31)22-23-24-26/h3-13H,1-2H3,(H,21,28)(H,29,30)(H,22,24,31). The molecule has 0 bridgehead atoms. The van der Waals surface area contributed by atoms with E-state index in [2.05, 4.69) is 20.8 Å². The Kier molecular flexibility index (Phi) is 6.55. The number of amides is 1. The lowest BCUT2D eigenvalue weighted by atomic mass is 10.1. The van der Waals surface area contributed by atoms with Crippen LogP contribution in [0, 0.1) is 4.77 Å². The van der Waals surface area contributed by atoms with Crippen LogP contribution in [0.4, 0.5) is 11.4 Å². The Morgan fingerprint density at radius 3 is 2.48 bits per heavy atom. The predicted octanol–water partition coefficient (Wildman–Crippen LogP) is 2.44. The fourth-order valence-corrected chi connectivity index (χ4v) is 3.27. The summed E-state index contributed by atoms with van der Waals surface area (Å²) in [6.45, 7) is 3.11. The van der Waals surface area contributed by atoms with Crippen molar-refractivity contribution in [1.29, 1.82) is 0 Å². The van der Waals surface area contributed by atoms with Gasteiger partial charge in [0.15, 0.2) is 0 Å². The number of nitrogens with zero attached hydrogens (tertiary/aromatic N) is 4. The first kappa shape index (κ1) is 21.8. The highest BCUT2D eigenvalue weighted by atomic mass is 32.1. The van der Waals surface area contributed by atoms with Crippen molar-refractivity contribution in [2.45, 2.75) is 25.9 Å². The summed E-state index contributed by atoms with van der Waals surface area (Å²) in [5.41, 5.74) is 2.07. The number of tetrazole rings is 1. The van der Waals surface area contributed by atoms with Crippen LogP contribution in [0.2, 0.25) is 0 Å². The van der Waals surface area contributed by atoms with Crippen molar-refractivity contribution in [3.05, 3.63) is 58.9 Å². The van der Waals surface area contributed by atoms with Crippen LogP contribution < -0.4 is 10.2 Å². The molecule has 1 amide bonds. The summed E-state index contributed by atoms with van der Waals surface area (Å²) in [7, 11) is 0. The second-order valence-electron chi connectivity index (χ2n) is 6.76. The molecule has 0 saturated carbocycles. The van der Waals surface area contributed by atoms with Crippen LogP contribution in [0.1, 0.15) is 24.2 Å². The Bertz CT molecular complexity index is 1160. The van der Waals surface area contributed by atoms with Crippen molar-refractivity contribution in [2.24, 2.45) is 0 Å². The summed E-state index contributed by atoms with van der Waals surface area (Å²) < 4.78 is 1.71. The molecule has 0 fully saturated rings. The van der Waals surface area contributed by atoms with E-state index in [-0.39, 0.29) is 4.77 Å². The number of H-pyrrole nitrogens is 1. The quantitative estimate of drug-likeness (QED) is 0.359. The van der Waals surface area contributed by atoms with Gasteiger partial charge in [-0.1, -0.05) is 16.4 Å². The highest BCUT2D eigenvalue weighted by Gasteiger charge is 2.30. The van der Waals surface area contributed by atoms with Crippen LogP contribution in [0.5, 0.6) is 0 Å². The minimum absolute atomic E-state index is 0.233. The van der Waals surface area contributed by atoms with Gasteiger partial charge in [0, 0.05) is 16.9 Å². The molecule has 0 aliphatic heterocycles. The van der Waals surface area contributed by atoms with Crippen molar-refractivity contribution in [3.63, 3.8) is 0 Å². The number of aromatic nitrogens is 4. The SMILES string of the molecule is CC(C(=O)O)N(c1ccc(C=O)cc1)C(C)C(=O)Nc1cccc(-n2[nH]nnc2=S)c1. The summed E-state index contributed by atoms with van der Waals surface area (Å²) in [6.07, 6.45) is 0.694. The zero-order chi connectivity index (χ0) is 22.5. The number of hydrogen-bond acceptors (Lipinski definition) is 7. The van der Waals surface area contributed by atoms with Gasteiger partial charge in [-0.3, -0.25) is 9.59 Å². The fraction of sp³-hybridized carbons (Fsp3) is 0.200. The number of hydrogen-bond donors (Lipinski definition) is 3. The lowest BCUT2D eigenvalue weighted by Gasteiger charge is -2.33. The minimum atomic E-state index is -1.08. The minimum Gasteiger partial charge on any atom is -0.480 e. The molecule has 160 valence electrons. The molecule has 3 N–H and O–H groups in total. The first-order valence-electron chi connectivity index (χ1n) is 9.29. The monoisotopic (exact) mass is 440 g/mol. The summed E-state index contributed by atoms with van der Waals surface area (Å²) >= 11 is 5.09.